The van der Waals surface area contributed by atoms with Gasteiger partial charge < -0.3 is 5.11 Å². The lowest BCUT2D eigenvalue weighted by atomic mass is 9.80. The van der Waals surface area contributed by atoms with Crippen LogP contribution in [0.4, 0.5) is 4.39 Å². The Morgan fingerprint density at radius 2 is 2.00 bits per heavy atom. The minimum absolute atomic E-state index is 0.147. The molecule has 0 heterocycles. The fourth-order valence-electron chi connectivity index (χ4n) is 1.49. The molecule has 1 aromatic rings. The number of aliphatic carboxylic acids is 1. The number of carbonyl (C=O) groups excluding carboxylic acids is 1. The molecule has 0 aliphatic carbocycles. The van der Waals surface area contributed by atoms with E-state index in [0.717, 1.165) is 0 Å². The molecule has 3 nitrogen and oxygen atoms in total. The summed E-state index contributed by atoms with van der Waals surface area (Å²) in [5.74, 6) is -2.72. The highest BCUT2D eigenvalue weighted by molar-refractivity contribution is 6.32. The van der Waals surface area contributed by atoms with Crippen molar-refractivity contribution in [3.63, 3.8) is 0 Å². The summed E-state index contributed by atoms with van der Waals surface area (Å²) >= 11 is 0. The number of ketones is 1. The van der Waals surface area contributed by atoms with Crippen LogP contribution in [0.25, 0.3) is 0 Å². The van der Waals surface area contributed by atoms with Crippen LogP contribution in [0.3, 0.4) is 0 Å². The summed E-state index contributed by atoms with van der Waals surface area (Å²) in [6.45, 7) is 3.42. The highest BCUT2D eigenvalue weighted by Crippen LogP contribution is 2.27. The Bertz CT molecular complexity index is 424. The highest BCUT2D eigenvalue weighted by Gasteiger charge is 2.27. The van der Waals surface area contributed by atoms with Crippen molar-refractivity contribution in [1.82, 2.24) is 0 Å². The van der Waals surface area contributed by atoms with E-state index in [2.05, 4.69) is 0 Å². The summed E-state index contributed by atoms with van der Waals surface area (Å²) in [7, 11) is 0. The van der Waals surface area contributed by atoms with E-state index in [9.17, 15) is 14.0 Å². The molecule has 1 rings (SSSR count). The fourth-order valence-corrected chi connectivity index (χ4v) is 1.49. The van der Waals surface area contributed by atoms with Crippen LogP contribution in [0.1, 0.15) is 25.8 Å². The smallest absolute Gasteiger partial charge is 0.372 e. The summed E-state index contributed by atoms with van der Waals surface area (Å²) in [6, 6.07) is 5.84. The number of hydrogen-bond donors (Lipinski definition) is 1. The van der Waals surface area contributed by atoms with Gasteiger partial charge in [-0.3, -0.25) is 4.79 Å². The van der Waals surface area contributed by atoms with Crippen LogP contribution in [-0.4, -0.2) is 16.9 Å². The van der Waals surface area contributed by atoms with Crippen molar-refractivity contribution < 1.29 is 19.1 Å². The molecular formula is C12H13FO3. The Morgan fingerprint density at radius 3 is 2.50 bits per heavy atom. The Morgan fingerprint density at radius 1 is 1.38 bits per heavy atom. The average Bonchev–Trinajstić information content (AvgIpc) is 2.17. The number of carboxylic acid groups (broad SMARTS) is 1. The molecule has 0 aromatic heterocycles. The van der Waals surface area contributed by atoms with Crippen LogP contribution in [-0.2, 0) is 15.0 Å². The lowest BCUT2D eigenvalue weighted by Gasteiger charge is -2.23. The summed E-state index contributed by atoms with van der Waals surface area (Å²) < 4.78 is 13.0. The Hall–Kier alpha value is -1.71. The number of benzene rings is 1. The third-order valence-corrected chi connectivity index (χ3v) is 2.45. The second-order valence-electron chi connectivity index (χ2n) is 4.30. The molecular weight excluding hydrogens is 211 g/mol. The second-order valence-corrected chi connectivity index (χ2v) is 4.30. The van der Waals surface area contributed by atoms with Crippen LogP contribution in [0.15, 0.2) is 24.3 Å². The largest absolute Gasteiger partial charge is 0.476 e. The van der Waals surface area contributed by atoms with E-state index >= 15 is 0 Å². The zero-order valence-electron chi connectivity index (χ0n) is 9.16. The van der Waals surface area contributed by atoms with E-state index in [1.807, 2.05) is 0 Å². The minimum Gasteiger partial charge on any atom is -0.476 e. The number of carbonyl (C=O) groups is 2. The number of halogens is 1. The number of rotatable bonds is 4. The third-order valence-electron chi connectivity index (χ3n) is 2.45. The molecule has 1 aromatic carbocycles. The molecule has 0 aliphatic rings. The lowest BCUT2D eigenvalue weighted by Crippen LogP contribution is -2.26. The van der Waals surface area contributed by atoms with Crippen LogP contribution in [0.5, 0.6) is 0 Å². The molecule has 0 fully saturated rings. The highest BCUT2D eigenvalue weighted by atomic mass is 19.1. The van der Waals surface area contributed by atoms with Gasteiger partial charge in [-0.1, -0.05) is 26.0 Å². The van der Waals surface area contributed by atoms with Crippen LogP contribution in [0.2, 0.25) is 0 Å². The predicted molar refractivity (Wildman–Crippen MR) is 56.7 cm³/mol. The first-order valence-corrected chi connectivity index (χ1v) is 4.85. The van der Waals surface area contributed by atoms with Gasteiger partial charge in [0.2, 0.25) is 5.78 Å². The second kappa shape index (κ2) is 4.43. The summed E-state index contributed by atoms with van der Waals surface area (Å²) in [5.41, 5.74) is -0.0699. The van der Waals surface area contributed by atoms with Crippen molar-refractivity contribution in [2.24, 2.45) is 0 Å². The molecule has 0 atom stereocenters. The van der Waals surface area contributed by atoms with E-state index in [-0.39, 0.29) is 6.42 Å². The molecule has 1 N–H and O–H groups in total. The maximum atomic E-state index is 13.0. The maximum absolute atomic E-state index is 13.0. The lowest BCUT2D eigenvalue weighted by molar-refractivity contribution is -0.149. The van der Waals surface area contributed by atoms with E-state index < -0.39 is 23.0 Å². The molecule has 0 unspecified atom stereocenters. The van der Waals surface area contributed by atoms with Gasteiger partial charge in [0.25, 0.3) is 0 Å². The van der Waals surface area contributed by atoms with Crippen LogP contribution < -0.4 is 0 Å². The Balaban J connectivity index is 2.93. The molecule has 0 saturated carbocycles. The first kappa shape index (κ1) is 12.4. The summed E-state index contributed by atoms with van der Waals surface area (Å²) in [4.78, 5) is 21.6. The van der Waals surface area contributed by atoms with Crippen LogP contribution in [0, 0.1) is 5.82 Å². The molecule has 0 aliphatic heterocycles. The maximum Gasteiger partial charge on any atom is 0.372 e. The van der Waals surface area contributed by atoms with Gasteiger partial charge in [0, 0.05) is 6.42 Å². The van der Waals surface area contributed by atoms with Crippen LogP contribution >= 0.6 is 0 Å². The van der Waals surface area contributed by atoms with Gasteiger partial charge in [-0.2, -0.15) is 0 Å². The minimum atomic E-state index is -1.45. The fraction of sp³-hybridized carbons (Fsp3) is 0.333. The first-order valence-electron chi connectivity index (χ1n) is 4.85. The molecule has 0 saturated heterocycles. The van der Waals surface area contributed by atoms with Crippen molar-refractivity contribution in [1.29, 1.82) is 0 Å². The number of Topliss-reactive ketones (excluding diaryl/α,β-unsaturated/α-hetero) is 1. The van der Waals surface area contributed by atoms with Gasteiger partial charge in [0.15, 0.2) is 0 Å². The van der Waals surface area contributed by atoms with Crippen molar-refractivity contribution in [3.05, 3.63) is 35.6 Å². The molecule has 0 bridgehead atoms. The van der Waals surface area contributed by atoms with Gasteiger partial charge in [0.1, 0.15) is 5.82 Å². The first-order chi connectivity index (χ1) is 7.33. The molecule has 0 amide bonds. The normalized spacial score (nSPS) is 11.2. The van der Waals surface area contributed by atoms with E-state index in [4.69, 9.17) is 5.11 Å². The quantitative estimate of drug-likeness (QED) is 0.797. The summed E-state index contributed by atoms with van der Waals surface area (Å²) in [6.07, 6.45) is -0.147. The van der Waals surface area contributed by atoms with Gasteiger partial charge in [-0.25, -0.2) is 9.18 Å². The van der Waals surface area contributed by atoms with Crippen molar-refractivity contribution in [2.45, 2.75) is 25.7 Å². The topological polar surface area (TPSA) is 54.4 Å². The zero-order valence-corrected chi connectivity index (χ0v) is 9.16. The van der Waals surface area contributed by atoms with E-state index in [0.29, 0.717) is 5.56 Å². The monoisotopic (exact) mass is 224 g/mol. The van der Waals surface area contributed by atoms with Crippen molar-refractivity contribution >= 4 is 11.8 Å². The third kappa shape index (κ3) is 2.89. The Labute approximate surface area is 92.9 Å². The zero-order chi connectivity index (χ0) is 12.3. The van der Waals surface area contributed by atoms with Crippen molar-refractivity contribution in [3.8, 4) is 0 Å². The summed E-state index contributed by atoms with van der Waals surface area (Å²) in [5, 5.41) is 8.52. The molecule has 0 radical (unpaired) electrons. The molecule has 4 heteroatoms. The SMILES string of the molecule is CC(C)(CC(=O)C(=O)O)c1cccc(F)c1. The Kier molecular flexibility index (Phi) is 3.42. The number of carboxylic acids is 1. The van der Waals surface area contributed by atoms with E-state index in [1.54, 1.807) is 19.9 Å². The van der Waals surface area contributed by atoms with Gasteiger partial charge in [-0.15, -0.1) is 0 Å². The van der Waals surface area contributed by atoms with Gasteiger partial charge >= 0.3 is 5.97 Å². The molecule has 16 heavy (non-hydrogen) atoms. The molecule has 0 spiro atoms. The van der Waals surface area contributed by atoms with Gasteiger partial charge in [-0.05, 0) is 23.1 Å². The predicted octanol–water partition coefficient (Wildman–Crippen LogP) is 2.15. The number of hydrogen-bond acceptors (Lipinski definition) is 2. The van der Waals surface area contributed by atoms with E-state index in [1.165, 1.54) is 18.2 Å². The van der Waals surface area contributed by atoms with Crippen molar-refractivity contribution in [2.75, 3.05) is 0 Å². The standard InChI is InChI=1S/C12H13FO3/c1-12(2,7-10(14)11(15)16)8-4-3-5-9(13)6-8/h3-6H,7H2,1-2H3,(H,15,16). The average molecular weight is 224 g/mol. The molecule has 86 valence electrons. The van der Waals surface area contributed by atoms with Gasteiger partial charge in [0.05, 0.1) is 0 Å².